The number of primary amides is 1. The summed E-state index contributed by atoms with van der Waals surface area (Å²) < 4.78 is 0. The maximum absolute atomic E-state index is 14.3. The topological polar surface area (TPSA) is 164 Å². The first-order valence-corrected chi connectivity index (χ1v) is 16.1. The smallest absolute Gasteiger partial charge is 0.315 e. The Balaban J connectivity index is 1.84. The van der Waals surface area contributed by atoms with E-state index in [9.17, 15) is 24.0 Å². The lowest BCUT2D eigenvalue weighted by Gasteiger charge is -2.40. The first-order chi connectivity index (χ1) is 20.7. The van der Waals surface area contributed by atoms with Gasteiger partial charge in [-0.25, -0.2) is 4.79 Å². The number of urea groups is 1. The van der Waals surface area contributed by atoms with E-state index in [2.05, 4.69) is 20.9 Å². The average Bonchev–Trinajstić information content (AvgIpc) is 3.41. The van der Waals surface area contributed by atoms with Gasteiger partial charge in [0.1, 0.15) is 12.1 Å². The van der Waals surface area contributed by atoms with Crippen LogP contribution in [0.25, 0.3) is 0 Å². The number of carbonyl (C=O) groups excluding carboxylic acids is 5. The van der Waals surface area contributed by atoms with Crippen LogP contribution in [0.4, 0.5) is 4.79 Å². The van der Waals surface area contributed by atoms with Crippen molar-refractivity contribution in [2.24, 2.45) is 23.0 Å². The van der Waals surface area contributed by atoms with Gasteiger partial charge < -0.3 is 26.6 Å². The molecule has 0 radical (unpaired) electrons. The molecule has 5 N–H and O–H groups in total. The number of pyridine rings is 1. The number of amides is 5. The maximum atomic E-state index is 14.3. The van der Waals surface area contributed by atoms with E-state index >= 15 is 0 Å². The van der Waals surface area contributed by atoms with Gasteiger partial charge in [-0.15, -0.1) is 0 Å². The molecule has 2 heterocycles. The summed E-state index contributed by atoms with van der Waals surface area (Å²) in [4.78, 5) is 71.8. The zero-order chi connectivity index (χ0) is 32.7. The molecule has 1 aromatic rings. The predicted octanol–water partition coefficient (Wildman–Crippen LogP) is 3.25. The molecule has 11 nitrogen and oxygen atoms in total. The van der Waals surface area contributed by atoms with Crippen LogP contribution in [0, 0.1) is 17.3 Å². The molecule has 2 aliphatic rings. The van der Waals surface area contributed by atoms with Crippen molar-refractivity contribution in [3.8, 4) is 0 Å². The third-order valence-corrected chi connectivity index (χ3v) is 9.13. The molecule has 1 unspecified atom stereocenters. The molecule has 0 bridgehead atoms. The van der Waals surface area contributed by atoms with Crippen molar-refractivity contribution in [3.05, 3.63) is 30.1 Å². The number of hydrogen-bond donors (Lipinski definition) is 4. The molecular formula is C33H52N6O5. The number of ketones is 1. The monoisotopic (exact) mass is 612 g/mol. The lowest BCUT2D eigenvalue weighted by molar-refractivity contribution is -0.144. The number of hydrogen-bond acceptors (Lipinski definition) is 6. The minimum Gasteiger partial charge on any atom is -0.363 e. The highest BCUT2D eigenvalue weighted by Gasteiger charge is 2.48. The summed E-state index contributed by atoms with van der Waals surface area (Å²) in [6.07, 6.45) is 8.49. The molecule has 0 spiro atoms. The van der Waals surface area contributed by atoms with Crippen LogP contribution >= 0.6 is 0 Å². The van der Waals surface area contributed by atoms with Crippen molar-refractivity contribution in [3.63, 3.8) is 0 Å². The lowest BCUT2D eigenvalue weighted by Crippen LogP contribution is -2.63. The Kier molecular flexibility index (Phi) is 11.9. The molecule has 1 aliphatic carbocycles. The SMILES string of the molecule is CCCC(NC(=O)[C@@H]1[C@@H](C(C)C)CCN1C(=O)[C@@H](NC(=O)NC1(Cc2ccccn2)CCCCC1)C(C)(C)C)C(=O)C(N)=O. The standard InChI is InChI=1S/C33H52N6O5/c1-7-13-24(26(40)28(34)41)36-29(42)25-23(21(2)3)15-19-39(25)30(43)27(32(4,5)6)37-31(44)38-33(16-10-8-11-17-33)20-22-14-9-12-18-35-22/h9,12,14,18,21,23-25,27H,7-8,10-11,13,15-17,19-20H2,1-6H3,(H2,34,41)(H,36,42)(H2,37,38,44)/t23-,24?,25+,27-/m1/s1. The summed E-state index contributed by atoms with van der Waals surface area (Å²) in [5.74, 6) is -2.90. The number of nitrogens with zero attached hydrogens (tertiary/aromatic N) is 2. The van der Waals surface area contributed by atoms with Crippen molar-refractivity contribution in [2.75, 3.05) is 6.54 Å². The lowest BCUT2D eigenvalue weighted by atomic mass is 9.78. The van der Waals surface area contributed by atoms with Crippen molar-refractivity contribution < 1.29 is 24.0 Å². The molecule has 2 fully saturated rings. The van der Waals surface area contributed by atoms with Crippen molar-refractivity contribution in [1.82, 2.24) is 25.8 Å². The summed E-state index contributed by atoms with van der Waals surface area (Å²) in [6, 6.07) is 2.52. The van der Waals surface area contributed by atoms with Crippen LogP contribution in [0.5, 0.6) is 0 Å². The van der Waals surface area contributed by atoms with Gasteiger partial charge in [0.25, 0.3) is 5.91 Å². The fourth-order valence-electron chi connectivity index (χ4n) is 6.73. The molecule has 1 saturated carbocycles. The van der Waals surface area contributed by atoms with E-state index in [1.165, 1.54) is 4.90 Å². The number of rotatable bonds is 12. The van der Waals surface area contributed by atoms with Crippen LogP contribution in [-0.2, 0) is 25.6 Å². The van der Waals surface area contributed by atoms with Gasteiger partial charge in [-0.2, -0.15) is 0 Å². The predicted molar refractivity (Wildman–Crippen MR) is 168 cm³/mol. The Morgan fingerprint density at radius 1 is 1.07 bits per heavy atom. The Hall–Kier alpha value is -3.50. The third kappa shape index (κ3) is 8.79. The molecule has 44 heavy (non-hydrogen) atoms. The number of nitrogens with two attached hydrogens (primary N) is 1. The Morgan fingerprint density at radius 3 is 2.30 bits per heavy atom. The van der Waals surface area contributed by atoms with Crippen LogP contribution in [0.2, 0.25) is 0 Å². The second-order valence-corrected chi connectivity index (χ2v) is 14.0. The van der Waals surface area contributed by atoms with Gasteiger partial charge in [0.05, 0.1) is 6.04 Å². The number of Topliss-reactive ketones (excluding diaryl/α,β-unsaturated/α-hetero) is 1. The Bertz CT molecular complexity index is 1170. The average molecular weight is 613 g/mol. The van der Waals surface area contributed by atoms with Gasteiger partial charge in [0.15, 0.2) is 0 Å². The zero-order valence-electron chi connectivity index (χ0n) is 27.3. The van der Waals surface area contributed by atoms with Gasteiger partial charge in [-0.1, -0.05) is 73.3 Å². The van der Waals surface area contributed by atoms with Crippen LogP contribution in [-0.4, -0.2) is 69.6 Å². The van der Waals surface area contributed by atoms with Gasteiger partial charge in [-0.3, -0.25) is 24.2 Å². The Labute approximate surface area is 261 Å². The summed E-state index contributed by atoms with van der Waals surface area (Å²) in [5.41, 5.74) is 5.01. The van der Waals surface area contributed by atoms with E-state index in [-0.39, 0.29) is 24.2 Å². The minimum atomic E-state index is -1.11. The van der Waals surface area contributed by atoms with E-state index < -0.39 is 52.7 Å². The number of carbonyl (C=O) groups is 5. The van der Waals surface area contributed by atoms with E-state index in [0.29, 0.717) is 25.8 Å². The van der Waals surface area contributed by atoms with E-state index in [0.717, 1.165) is 37.8 Å². The highest BCUT2D eigenvalue weighted by Crippen LogP contribution is 2.34. The van der Waals surface area contributed by atoms with Gasteiger partial charge in [0.2, 0.25) is 17.6 Å². The van der Waals surface area contributed by atoms with E-state index in [1.807, 2.05) is 59.7 Å². The first-order valence-electron chi connectivity index (χ1n) is 16.1. The summed E-state index contributed by atoms with van der Waals surface area (Å²) in [6.45, 7) is 11.8. The van der Waals surface area contributed by atoms with Crippen molar-refractivity contribution in [2.45, 2.75) is 123 Å². The molecule has 1 aromatic heterocycles. The van der Waals surface area contributed by atoms with Crippen molar-refractivity contribution in [1.29, 1.82) is 0 Å². The minimum absolute atomic E-state index is 0.0714. The molecule has 3 rings (SSSR count). The fraction of sp³-hybridized carbons (Fsp3) is 0.697. The molecule has 5 amide bonds. The molecular weight excluding hydrogens is 560 g/mol. The van der Waals surface area contributed by atoms with Gasteiger partial charge >= 0.3 is 6.03 Å². The van der Waals surface area contributed by atoms with E-state index in [1.54, 1.807) is 6.20 Å². The number of aromatic nitrogens is 1. The largest absolute Gasteiger partial charge is 0.363 e. The zero-order valence-corrected chi connectivity index (χ0v) is 27.3. The fourth-order valence-corrected chi connectivity index (χ4v) is 6.73. The van der Waals surface area contributed by atoms with Crippen LogP contribution in [0.15, 0.2) is 24.4 Å². The van der Waals surface area contributed by atoms with Gasteiger partial charge in [0, 0.05) is 30.4 Å². The highest BCUT2D eigenvalue weighted by molar-refractivity contribution is 6.37. The molecule has 4 atom stereocenters. The molecule has 244 valence electrons. The molecule has 1 aliphatic heterocycles. The van der Waals surface area contributed by atoms with Gasteiger partial charge in [-0.05, 0) is 55.1 Å². The highest BCUT2D eigenvalue weighted by atomic mass is 16.2. The number of nitrogens with one attached hydrogen (secondary N) is 3. The van der Waals surface area contributed by atoms with Crippen LogP contribution < -0.4 is 21.7 Å². The molecule has 0 aromatic carbocycles. The van der Waals surface area contributed by atoms with E-state index in [4.69, 9.17) is 5.73 Å². The van der Waals surface area contributed by atoms with Crippen molar-refractivity contribution >= 4 is 29.5 Å². The number of likely N-dealkylation sites (tertiary alicyclic amines) is 1. The summed E-state index contributed by atoms with van der Waals surface area (Å²) in [5, 5.41) is 8.93. The first kappa shape index (κ1) is 35.0. The second kappa shape index (κ2) is 15.0. The van der Waals surface area contributed by atoms with Crippen LogP contribution in [0.3, 0.4) is 0 Å². The summed E-state index contributed by atoms with van der Waals surface area (Å²) >= 11 is 0. The maximum Gasteiger partial charge on any atom is 0.315 e. The summed E-state index contributed by atoms with van der Waals surface area (Å²) in [7, 11) is 0. The second-order valence-electron chi connectivity index (χ2n) is 14.0. The quantitative estimate of drug-likeness (QED) is 0.265. The molecule has 11 heteroatoms. The normalized spacial score (nSPS) is 21.3. The Morgan fingerprint density at radius 2 is 1.75 bits per heavy atom. The third-order valence-electron chi connectivity index (χ3n) is 9.13. The van der Waals surface area contributed by atoms with Crippen LogP contribution in [0.1, 0.15) is 98.6 Å². The molecule has 1 saturated heterocycles.